The Morgan fingerprint density at radius 1 is 1.27 bits per heavy atom. The van der Waals surface area contributed by atoms with E-state index < -0.39 is 0 Å². The molecule has 0 radical (unpaired) electrons. The number of rotatable bonds is 7. The second-order valence-corrected chi connectivity index (χ2v) is 6.59. The number of likely N-dealkylation sites (tertiary alicyclic amines) is 1. The Hall–Kier alpha value is -2.54. The van der Waals surface area contributed by atoms with E-state index >= 15 is 0 Å². The van der Waals surface area contributed by atoms with Crippen LogP contribution >= 0.6 is 0 Å². The van der Waals surface area contributed by atoms with E-state index in [0.717, 1.165) is 29.5 Å². The van der Waals surface area contributed by atoms with Gasteiger partial charge in [-0.1, -0.05) is 0 Å². The quantitative estimate of drug-likeness (QED) is 0.789. The third kappa shape index (κ3) is 4.76. The van der Waals surface area contributed by atoms with Gasteiger partial charge >= 0.3 is 0 Å². The Labute approximate surface area is 154 Å². The summed E-state index contributed by atoms with van der Waals surface area (Å²) in [6.07, 6.45) is 4.14. The number of benzene rings is 1. The molecule has 1 aromatic carbocycles. The second-order valence-electron chi connectivity index (χ2n) is 6.59. The van der Waals surface area contributed by atoms with Gasteiger partial charge in [0.15, 0.2) is 11.5 Å². The Morgan fingerprint density at radius 2 is 2.15 bits per heavy atom. The summed E-state index contributed by atoms with van der Waals surface area (Å²) in [5, 5.41) is 6.21. The Morgan fingerprint density at radius 3 is 2.92 bits per heavy atom. The van der Waals surface area contributed by atoms with Crippen LogP contribution < -0.4 is 20.1 Å². The van der Waals surface area contributed by atoms with Gasteiger partial charge < -0.3 is 25.0 Å². The minimum Gasteiger partial charge on any atom is -0.493 e. The number of anilines is 3. The van der Waals surface area contributed by atoms with Gasteiger partial charge in [0.05, 0.1) is 13.7 Å². The van der Waals surface area contributed by atoms with Crippen LogP contribution in [-0.4, -0.2) is 55.8 Å². The fourth-order valence-electron chi connectivity index (χ4n) is 3.17. The summed E-state index contributed by atoms with van der Waals surface area (Å²) in [4.78, 5) is 11.0. The first-order valence-electron chi connectivity index (χ1n) is 8.95. The van der Waals surface area contributed by atoms with Crippen molar-refractivity contribution >= 4 is 17.5 Å². The molecule has 3 rings (SSSR count). The molecule has 0 spiro atoms. The van der Waals surface area contributed by atoms with E-state index in [4.69, 9.17) is 9.47 Å². The number of hydrogen-bond donors (Lipinski definition) is 2. The molecule has 7 heteroatoms. The van der Waals surface area contributed by atoms with Crippen LogP contribution in [0.15, 0.2) is 30.5 Å². The first-order valence-corrected chi connectivity index (χ1v) is 8.95. The first-order chi connectivity index (χ1) is 12.7. The van der Waals surface area contributed by atoms with Crippen molar-refractivity contribution in [1.82, 2.24) is 14.9 Å². The van der Waals surface area contributed by atoms with Gasteiger partial charge in [0.25, 0.3) is 0 Å². The van der Waals surface area contributed by atoms with Crippen LogP contribution in [-0.2, 0) is 0 Å². The Kier molecular flexibility index (Phi) is 6.12. The molecule has 140 valence electrons. The third-order valence-electron chi connectivity index (χ3n) is 4.53. The minimum absolute atomic E-state index is 0.530. The highest BCUT2D eigenvalue weighted by Gasteiger charge is 2.18. The fraction of sp³-hybridized carbons (Fsp3) is 0.474. The van der Waals surface area contributed by atoms with Gasteiger partial charge in [0, 0.05) is 37.5 Å². The molecule has 1 fully saturated rings. The van der Waals surface area contributed by atoms with Gasteiger partial charge in [-0.2, -0.15) is 4.98 Å². The molecule has 7 nitrogen and oxygen atoms in total. The summed E-state index contributed by atoms with van der Waals surface area (Å²) in [6.45, 7) is 2.94. The molecule has 0 aliphatic carbocycles. The van der Waals surface area contributed by atoms with Crippen molar-refractivity contribution in [3.63, 3.8) is 0 Å². The molecule has 0 saturated carbocycles. The highest BCUT2D eigenvalue weighted by Crippen LogP contribution is 2.32. The predicted octanol–water partition coefficient (Wildman–Crippen LogP) is 2.99. The molecule has 2 heterocycles. The fourth-order valence-corrected chi connectivity index (χ4v) is 3.17. The molecule has 0 bridgehead atoms. The second kappa shape index (κ2) is 8.71. The maximum atomic E-state index is 6.09. The number of aromatic nitrogens is 2. The number of hydrogen-bond acceptors (Lipinski definition) is 7. The van der Waals surface area contributed by atoms with Crippen LogP contribution in [0.5, 0.6) is 11.5 Å². The molecule has 1 unspecified atom stereocenters. The molecule has 1 aliphatic heterocycles. The lowest BCUT2D eigenvalue weighted by Gasteiger charge is -2.29. The normalized spacial score (nSPS) is 17.6. The van der Waals surface area contributed by atoms with Crippen molar-refractivity contribution in [2.45, 2.75) is 12.8 Å². The molecule has 0 amide bonds. The molecule has 1 aromatic heterocycles. The number of ether oxygens (including phenoxy) is 2. The topological polar surface area (TPSA) is 71.5 Å². The average Bonchev–Trinajstić information content (AvgIpc) is 2.67. The third-order valence-corrected chi connectivity index (χ3v) is 4.53. The monoisotopic (exact) mass is 357 g/mol. The lowest BCUT2D eigenvalue weighted by molar-refractivity contribution is 0.148. The van der Waals surface area contributed by atoms with Crippen molar-refractivity contribution in [2.75, 3.05) is 51.5 Å². The van der Waals surface area contributed by atoms with Gasteiger partial charge in [0.2, 0.25) is 5.95 Å². The maximum Gasteiger partial charge on any atom is 0.229 e. The Balaban J connectivity index is 1.69. The van der Waals surface area contributed by atoms with Gasteiger partial charge in [-0.3, -0.25) is 0 Å². The van der Waals surface area contributed by atoms with Crippen LogP contribution in [0.3, 0.4) is 0 Å². The summed E-state index contributed by atoms with van der Waals surface area (Å²) >= 11 is 0. The predicted molar refractivity (Wildman–Crippen MR) is 104 cm³/mol. The SMILES string of the molecule is CNc1ccnc(Nc2ccc(OC)c(OCC3CCCN(C)C3)c2)n1. The zero-order valence-corrected chi connectivity index (χ0v) is 15.7. The number of nitrogens with one attached hydrogen (secondary N) is 2. The van der Waals surface area contributed by atoms with Gasteiger partial charge in [-0.25, -0.2) is 4.98 Å². The van der Waals surface area contributed by atoms with Crippen LogP contribution in [0.1, 0.15) is 12.8 Å². The van der Waals surface area contributed by atoms with Crippen LogP contribution in [0.25, 0.3) is 0 Å². The minimum atomic E-state index is 0.530. The lowest BCUT2D eigenvalue weighted by atomic mass is 9.99. The zero-order valence-electron chi connectivity index (χ0n) is 15.7. The van der Waals surface area contributed by atoms with E-state index in [1.807, 2.05) is 31.3 Å². The van der Waals surface area contributed by atoms with E-state index in [0.29, 0.717) is 18.5 Å². The van der Waals surface area contributed by atoms with Crippen molar-refractivity contribution in [1.29, 1.82) is 0 Å². The van der Waals surface area contributed by atoms with Crippen molar-refractivity contribution in [2.24, 2.45) is 5.92 Å². The summed E-state index contributed by atoms with van der Waals surface area (Å²) in [6, 6.07) is 7.57. The molecule has 2 aromatic rings. The van der Waals surface area contributed by atoms with Crippen molar-refractivity contribution in [3.8, 4) is 11.5 Å². The first kappa shape index (κ1) is 18.3. The van der Waals surface area contributed by atoms with Crippen LogP contribution in [0, 0.1) is 5.92 Å². The maximum absolute atomic E-state index is 6.09. The molecule has 1 atom stereocenters. The molecule has 1 aliphatic rings. The van der Waals surface area contributed by atoms with E-state index in [-0.39, 0.29) is 0 Å². The smallest absolute Gasteiger partial charge is 0.229 e. The summed E-state index contributed by atoms with van der Waals surface area (Å²) < 4.78 is 11.5. The summed E-state index contributed by atoms with van der Waals surface area (Å²) in [7, 11) is 5.65. The number of piperidine rings is 1. The Bertz CT molecular complexity index is 725. The van der Waals surface area contributed by atoms with E-state index in [1.165, 1.54) is 19.4 Å². The van der Waals surface area contributed by atoms with Crippen LogP contribution in [0.4, 0.5) is 17.5 Å². The number of nitrogens with zero attached hydrogens (tertiary/aromatic N) is 3. The van der Waals surface area contributed by atoms with Crippen molar-refractivity contribution < 1.29 is 9.47 Å². The lowest BCUT2D eigenvalue weighted by Crippen LogP contribution is -2.34. The summed E-state index contributed by atoms with van der Waals surface area (Å²) in [5.41, 5.74) is 0.856. The summed E-state index contributed by atoms with van der Waals surface area (Å²) in [5.74, 6) is 3.29. The van der Waals surface area contributed by atoms with Gasteiger partial charge in [-0.15, -0.1) is 0 Å². The largest absolute Gasteiger partial charge is 0.493 e. The van der Waals surface area contributed by atoms with Gasteiger partial charge in [0.1, 0.15) is 5.82 Å². The molecule has 2 N–H and O–H groups in total. The highest BCUT2D eigenvalue weighted by molar-refractivity contribution is 5.60. The zero-order chi connectivity index (χ0) is 18.4. The standard InChI is InChI=1S/C19H27N5O2/c1-20-18-8-9-21-19(23-18)22-15-6-7-16(25-3)17(11-15)26-13-14-5-4-10-24(2)12-14/h6-9,11,14H,4-5,10,12-13H2,1-3H3,(H2,20,21,22,23). The number of methoxy groups -OCH3 is 1. The molecular weight excluding hydrogens is 330 g/mol. The van der Waals surface area contributed by atoms with Crippen molar-refractivity contribution in [3.05, 3.63) is 30.5 Å². The highest BCUT2D eigenvalue weighted by atomic mass is 16.5. The van der Waals surface area contributed by atoms with Gasteiger partial charge in [-0.05, 0) is 44.6 Å². The van der Waals surface area contributed by atoms with E-state index in [9.17, 15) is 0 Å². The van der Waals surface area contributed by atoms with Crippen LogP contribution in [0.2, 0.25) is 0 Å². The molecular formula is C19H27N5O2. The average molecular weight is 357 g/mol. The van der Waals surface area contributed by atoms with E-state index in [2.05, 4.69) is 32.5 Å². The molecule has 26 heavy (non-hydrogen) atoms. The molecule has 1 saturated heterocycles. The van der Waals surface area contributed by atoms with E-state index in [1.54, 1.807) is 13.3 Å².